The van der Waals surface area contributed by atoms with Gasteiger partial charge in [-0.15, -0.1) is 0 Å². The summed E-state index contributed by atoms with van der Waals surface area (Å²) in [5, 5.41) is 6.06. The number of aromatic nitrogens is 4. The fourth-order valence-electron chi connectivity index (χ4n) is 2.27. The lowest BCUT2D eigenvalue weighted by Gasteiger charge is -1.94. The highest BCUT2D eigenvalue weighted by Crippen LogP contribution is 2.27. The lowest BCUT2D eigenvalue weighted by molar-refractivity contribution is 0.424. The second kappa shape index (κ2) is 3.65. The smallest absolute Gasteiger partial charge is 0.276 e. The van der Waals surface area contributed by atoms with Crippen LogP contribution in [0.4, 0.5) is 0 Å². The van der Waals surface area contributed by atoms with E-state index in [-0.39, 0.29) is 0 Å². The van der Waals surface area contributed by atoms with Crippen molar-refractivity contribution in [2.45, 2.75) is 6.92 Å². The lowest BCUT2D eigenvalue weighted by Crippen LogP contribution is -1.83. The molecule has 0 unspecified atom stereocenters. The molecule has 0 amide bonds. The van der Waals surface area contributed by atoms with E-state index in [0.717, 1.165) is 21.8 Å². The van der Waals surface area contributed by atoms with E-state index in [1.807, 2.05) is 24.3 Å². The van der Waals surface area contributed by atoms with Gasteiger partial charge in [-0.3, -0.25) is 0 Å². The van der Waals surface area contributed by atoms with Crippen molar-refractivity contribution >= 4 is 21.8 Å². The standard InChI is InChI=1S/C14H10N4O/c1-8-16-14(19-18-8)12-6-10-9-4-2-3-5-11(9)17-13(10)7-15-12/h2-7,17H,1H3. The van der Waals surface area contributed by atoms with Gasteiger partial charge in [0.1, 0.15) is 5.69 Å². The highest BCUT2D eigenvalue weighted by atomic mass is 16.5. The molecule has 1 aromatic carbocycles. The van der Waals surface area contributed by atoms with Crippen molar-refractivity contribution < 1.29 is 4.52 Å². The summed E-state index contributed by atoms with van der Waals surface area (Å²) in [6, 6.07) is 10.1. The lowest BCUT2D eigenvalue weighted by atomic mass is 10.1. The Morgan fingerprint density at radius 2 is 2.00 bits per heavy atom. The van der Waals surface area contributed by atoms with Crippen LogP contribution in [0.5, 0.6) is 0 Å². The van der Waals surface area contributed by atoms with Gasteiger partial charge in [-0.25, -0.2) is 4.98 Å². The normalized spacial score (nSPS) is 11.4. The number of rotatable bonds is 1. The summed E-state index contributed by atoms with van der Waals surface area (Å²) in [5.41, 5.74) is 2.79. The monoisotopic (exact) mass is 250 g/mol. The molecular weight excluding hydrogens is 240 g/mol. The van der Waals surface area contributed by atoms with E-state index in [9.17, 15) is 0 Å². The maximum atomic E-state index is 5.15. The number of para-hydroxylation sites is 1. The molecule has 0 spiro atoms. The first-order chi connectivity index (χ1) is 9.31. The average Bonchev–Trinajstić information content (AvgIpc) is 3.01. The topological polar surface area (TPSA) is 67.6 Å². The molecule has 1 N–H and O–H groups in total. The van der Waals surface area contributed by atoms with Gasteiger partial charge in [0.05, 0.1) is 11.7 Å². The van der Waals surface area contributed by atoms with E-state index in [2.05, 4.69) is 26.2 Å². The van der Waals surface area contributed by atoms with E-state index in [0.29, 0.717) is 17.4 Å². The van der Waals surface area contributed by atoms with Crippen molar-refractivity contribution in [1.82, 2.24) is 20.1 Å². The second-order valence-corrected chi connectivity index (χ2v) is 4.43. The molecule has 0 aliphatic carbocycles. The molecule has 3 aromatic heterocycles. The fraction of sp³-hybridized carbons (Fsp3) is 0.0714. The van der Waals surface area contributed by atoms with Gasteiger partial charge in [-0.2, -0.15) is 4.98 Å². The van der Waals surface area contributed by atoms with Crippen LogP contribution in [0.1, 0.15) is 5.82 Å². The van der Waals surface area contributed by atoms with Crippen molar-refractivity contribution in [3.63, 3.8) is 0 Å². The number of nitrogens with one attached hydrogen (secondary N) is 1. The molecule has 5 nitrogen and oxygen atoms in total. The number of nitrogens with zero attached hydrogens (tertiary/aromatic N) is 3. The third-order valence-electron chi connectivity index (χ3n) is 3.14. The number of hydrogen-bond donors (Lipinski definition) is 1. The van der Waals surface area contributed by atoms with E-state index in [4.69, 9.17) is 4.52 Å². The molecule has 0 atom stereocenters. The number of fused-ring (bicyclic) bond motifs is 3. The molecule has 4 aromatic rings. The molecule has 0 fully saturated rings. The molecule has 0 bridgehead atoms. The first kappa shape index (κ1) is 10.3. The Bertz CT molecular complexity index is 891. The van der Waals surface area contributed by atoms with Crippen molar-refractivity contribution in [3.8, 4) is 11.6 Å². The molecule has 0 saturated heterocycles. The third kappa shape index (κ3) is 1.52. The maximum absolute atomic E-state index is 5.15. The Morgan fingerprint density at radius 1 is 1.11 bits per heavy atom. The number of benzene rings is 1. The van der Waals surface area contributed by atoms with Crippen LogP contribution in [0, 0.1) is 6.92 Å². The molecular formula is C14H10N4O. The summed E-state index contributed by atoms with van der Waals surface area (Å²) in [7, 11) is 0. The zero-order valence-electron chi connectivity index (χ0n) is 10.2. The van der Waals surface area contributed by atoms with Crippen LogP contribution < -0.4 is 0 Å². The van der Waals surface area contributed by atoms with Crippen LogP contribution in [0.15, 0.2) is 41.1 Å². The Hall–Kier alpha value is -2.69. The van der Waals surface area contributed by atoms with Gasteiger partial charge in [0.15, 0.2) is 5.82 Å². The quantitative estimate of drug-likeness (QED) is 0.563. The van der Waals surface area contributed by atoms with E-state index < -0.39 is 0 Å². The molecule has 0 saturated carbocycles. The summed E-state index contributed by atoms with van der Waals surface area (Å²) < 4.78 is 5.15. The van der Waals surface area contributed by atoms with Crippen molar-refractivity contribution in [1.29, 1.82) is 0 Å². The number of aryl methyl sites for hydroxylation is 1. The van der Waals surface area contributed by atoms with Crippen LogP contribution >= 0.6 is 0 Å². The zero-order chi connectivity index (χ0) is 12.8. The molecule has 0 radical (unpaired) electrons. The minimum Gasteiger partial charge on any atom is -0.353 e. The molecule has 5 heteroatoms. The number of aromatic amines is 1. The Morgan fingerprint density at radius 3 is 2.84 bits per heavy atom. The Balaban J connectivity index is 2.02. The first-order valence-electron chi connectivity index (χ1n) is 5.98. The Kier molecular flexibility index (Phi) is 1.97. The maximum Gasteiger partial charge on any atom is 0.276 e. The molecule has 4 rings (SSSR count). The van der Waals surface area contributed by atoms with Crippen LogP contribution in [0.2, 0.25) is 0 Å². The summed E-state index contributed by atoms with van der Waals surface area (Å²) in [6.07, 6.45) is 1.80. The van der Waals surface area contributed by atoms with Crippen LogP contribution in [-0.2, 0) is 0 Å². The van der Waals surface area contributed by atoms with E-state index in [1.165, 1.54) is 0 Å². The molecule has 19 heavy (non-hydrogen) atoms. The van der Waals surface area contributed by atoms with Gasteiger partial charge in [0, 0.05) is 16.3 Å². The fourth-order valence-corrected chi connectivity index (χ4v) is 2.27. The largest absolute Gasteiger partial charge is 0.353 e. The SMILES string of the molecule is Cc1noc(-c2cc3c(cn2)[nH]c2ccccc23)n1. The van der Waals surface area contributed by atoms with Crippen molar-refractivity contribution in [2.75, 3.05) is 0 Å². The van der Waals surface area contributed by atoms with Gasteiger partial charge in [-0.1, -0.05) is 23.4 Å². The minimum atomic E-state index is 0.449. The predicted molar refractivity (Wildman–Crippen MR) is 71.6 cm³/mol. The van der Waals surface area contributed by atoms with Crippen LogP contribution in [-0.4, -0.2) is 20.1 Å². The summed E-state index contributed by atoms with van der Waals surface area (Å²) in [4.78, 5) is 11.9. The van der Waals surface area contributed by atoms with Gasteiger partial charge in [0.2, 0.25) is 0 Å². The molecule has 0 aliphatic rings. The predicted octanol–water partition coefficient (Wildman–Crippen LogP) is 3.07. The third-order valence-corrected chi connectivity index (χ3v) is 3.14. The molecule has 3 heterocycles. The summed E-state index contributed by atoms with van der Waals surface area (Å²) >= 11 is 0. The van der Waals surface area contributed by atoms with E-state index >= 15 is 0 Å². The van der Waals surface area contributed by atoms with Crippen molar-refractivity contribution in [2.24, 2.45) is 0 Å². The Labute approximate surface area is 108 Å². The number of hydrogen-bond acceptors (Lipinski definition) is 4. The van der Waals surface area contributed by atoms with Crippen molar-refractivity contribution in [3.05, 3.63) is 42.4 Å². The molecule has 0 aliphatic heterocycles. The van der Waals surface area contributed by atoms with Crippen LogP contribution in [0.25, 0.3) is 33.4 Å². The number of pyridine rings is 1. The summed E-state index contributed by atoms with van der Waals surface area (Å²) in [6.45, 7) is 1.79. The zero-order valence-corrected chi connectivity index (χ0v) is 10.2. The summed E-state index contributed by atoms with van der Waals surface area (Å²) in [5.74, 6) is 1.06. The minimum absolute atomic E-state index is 0.449. The average molecular weight is 250 g/mol. The van der Waals surface area contributed by atoms with E-state index in [1.54, 1.807) is 13.1 Å². The number of H-pyrrole nitrogens is 1. The van der Waals surface area contributed by atoms with Gasteiger partial charge >= 0.3 is 0 Å². The van der Waals surface area contributed by atoms with Gasteiger partial charge in [-0.05, 0) is 19.1 Å². The van der Waals surface area contributed by atoms with Crippen LogP contribution in [0.3, 0.4) is 0 Å². The highest BCUT2D eigenvalue weighted by molar-refractivity contribution is 6.07. The first-order valence-corrected chi connectivity index (χ1v) is 5.98. The van der Waals surface area contributed by atoms with Gasteiger partial charge in [0.25, 0.3) is 5.89 Å². The highest BCUT2D eigenvalue weighted by Gasteiger charge is 2.11. The molecule has 92 valence electrons. The van der Waals surface area contributed by atoms with Gasteiger partial charge < -0.3 is 9.51 Å². The second-order valence-electron chi connectivity index (χ2n) is 4.43.